The van der Waals surface area contributed by atoms with Gasteiger partial charge >= 0.3 is 0 Å². The Labute approximate surface area is 276 Å². The lowest BCUT2D eigenvalue weighted by atomic mass is 10.1. The lowest BCUT2D eigenvalue weighted by Crippen LogP contribution is -2.18. The number of carbonyl (C=O) groups is 2. The number of carbonyl (C=O) groups excluding carboxylic acids is 2. The fourth-order valence-electron chi connectivity index (χ4n) is 4.46. The molecule has 11 heteroatoms. The quantitative estimate of drug-likeness (QED) is 0.175. The number of fused-ring (bicyclic) bond motifs is 2. The minimum atomic E-state index is -0.556. The molecule has 1 amide bonds. The predicted octanol–water partition coefficient (Wildman–Crippen LogP) is 5.89. The maximum Gasteiger partial charge on any atom is 0.260 e. The van der Waals surface area contributed by atoms with Crippen LogP contribution >= 0.6 is 11.6 Å². The maximum absolute atomic E-state index is 12.3. The van der Waals surface area contributed by atoms with Gasteiger partial charge in [0.25, 0.3) is 22.3 Å². The van der Waals surface area contributed by atoms with Gasteiger partial charge < -0.3 is 20.2 Å². The van der Waals surface area contributed by atoms with E-state index in [2.05, 4.69) is 41.3 Å². The van der Waals surface area contributed by atoms with E-state index in [1.165, 1.54) is 45.0 Å². The number of nitrogens with one attached hydrogen (secondary N) is 1. The molecule has 0 saturated heterocycles. The molecule has 0 radical (unpaired) electrons. The highest BCUT2D eigenvalue weighted by Crippen LogP contribution is 2.15. The van der Waals surface area contributed by atoms with Gasteiger partial charge in [-0.1, -0.05) is 38.1 Å². The molecule has 4 aromatic carbocycles. The van der Waals surface area contributed by atoms with Crippen LogP contribution in [0, 0.1) is 0 Å². The predicted molar refractivity (Wildman–Crippen MR) is 188 cm³/mol. The summed E-state index contributed by atoms with van der Waals surface area (Å²) in [7, 11) is 3.27. The Morgan fingerprint density at radius 1 is 0.702 bits per heavy atom. The second kappa shape index (κ2) is 15.6. The normalized spacial score (nSPS) is 10.4. The molecular weight excluding hydrogens is 616 g/mol. The van der Waals surface area contributed by atoms with Crippen molar-refractivity contribution < 1.29 is 9.59 Å². The number of hydrogen-bond acceptors (Lipinski definition) is 7. The van der Waals surface area contributed by atoms with Crippen molar-refractivity contribution in [3.63, 3.8) is 0 Å². The van der Waals surface area contributed by atoms with E-state index in [-0.39, 0.29) is 17.0 Å². The number of rotatable bonds is 5. The SMILES string of the molecule is CCc1ccc(N)cc1.CCc1ccc(NC(=O)c2ccc3c(=O)n(C)cnc3c2)cc1.Cn1cnc2cc(C(=O)Cl)ccc2c1=O. The standard InChI is InChI=1S/C18H17N3O2.C10H7ClN2O2.C8H11N/c1-3-12-4-7-14(8-5-12)20-17(22)13-6-9-15-16(10-13)19-11-21(2)18(15)23;1-13-5-12-8-4-6(9(11)14)2-3-7(8)10(13)15;1-2-7-3-5-8(9)6-4-7/h4-11H,3H2,1-2H3,(H,20,22);2-5H,1H3;3-6H,2,9H2,1H3. The van der Waals surface area contributed by atoms with Gasteiger partial charge in [-0.2, -0.15) is 0 Å². The zero-order valence-corrected chi connectivity index (χ0v) is 27.3. The summed E-state index contributed by atoms with van der Waals surface area (Å²) in [6.45, 7) is 4.21. The molecule has 6 aromatic rings. The van der Waals surface area contributed by atoms with Gasteiger partial charge in [-0.05, 0) is 96.2 Å². The number of aromatic nitrogens is 4. The van der Waals surface area contributed by atoms with Crippen molar-refractivity contribution in [2.45, 2.75) is 26.7 Å². The molecule has 0 aliphatic heterocycles. The largest absolute Gasteiger partial charge is 0.399 e. The highest BCUT2D eigenvalue weighted by molar-refractivity contribution is 6.67. The third-order valence-electron chi connectivity index (χ3n) is 7.33. The zero-order valence-electron chi connectivity index (χ0n) is 26.5. The lowest BCUT2D eigenvalue weighted by molar-refractivity contribution is 0.102. The van der Waals surface area contributed by atoms with Crippen molar-refractivity contribution in [3.05, 3.63) is 141 Å². The number of aryl methyl sites for hydroxylation is 4. The topological polar surface area (TPSA) is 142 Å². The van der Waals surface area contributed by atoms with E-state index in [0.29, 0.717) is 32.9 Å². The molecule has 0 bridgehead atoms. The van der Waals surface area contributed by atoms with Crippen LogP contribution in [0.4, 0.5) is 11.4 Å². The highest BCUT2D eigenvalue weighted by atomic mass is 35.5. The van der Waals surface area contributed by atoms with E-state index in [9.17, 15) is 19.2 Å². The summed E-state index contributed by atoms with van der Waals surface area (Å²) in [6.07, 6.45) is 4.91. The summed E-state index contributed by atoms with van der Waals surface area (Å²) >= 11 is 5.32. The maximum atomic E-state index is 12.3. The van der Waals surface area contributed by atoms with Crippen LogP contribution in [-0.4, -0.2) is 30.3 Å². The Hall–Kier alpha value is -5.61. The summed E-state index contributed by atoms with van der Waals surface area (Å²) in [5, 5.41) is 3.27. The smallest absolute Gasteiger partial charge is 0.260 e. The van der Waals surface area contributed by atoms with Gasteiger partial charge in [0.05, 0.1) is 34.5 Å². The van der Waals surface area contributed by atoms with Crippen LogP contribution in [0.5, 0.6) is 0 Å². The Morgan fingerprint density at radius 3 is 1.62 bits per heavy atom. The molecule has 240 valence electrons. The molecule has 2 aromatic heterocycles. The average molecular weight is 651 g/mol. The molecule has 0 unspecified atom stereocenters. The van der Waals surface area contributed by atoms with Crippen LogP contribution in [0.2, 0.25) is 0 Å². The summed E-state index contributed by atoms with van der Waals surface area (Å²) in [4.78, 5) is 55.1. The van der Waals surface area contributed by atoms with Gasteiger partial charge in [-0.3, -0.25) is 19.2 Å². The molecule has 0 aliphatic carbocycles. The van der Waals surface area contributed by atoms with Crippen molar-refractivity contribution in [2.75, 3.05) is 11.1 Å². The van der Waals surface area contributed by atoms with Gasteiger partial charge in [0.15, 0.2) is 0 Å². The molecule has 3 N–H and O–H groups in total. The number of nitrogen functional groups attached to an aromatic ring is 1. The molecule has 0 aliphatic rings. The molecule has 0 spiro atoms. The highest BCUT2D eigenvalue weighted by Gasteiger charge is 2.10. The third-order valence-corrected chi connectivity index (χ3v) is 7.55. The summed E-state index contributed by atoms with van der Waals surface area (Å²) in [5.41, 5.74) is 11.1. The van der Waals surface area contributed by atoms with Crippen molar-refractivity contribution in [1.29, 1.82) is 0 Å². The summed E-state index contributed by atoms with van der Waals surface area (Å²) in [5.74, 6) is -0.223. The van der Waals surface area contributed by atoms with Crippen LogP contribution in [-0.2, 0) is 26.9 Å². The second-order valence-corrected chi connectivity index (χ2v) is 11.0. The first kappa shape index (κ1) is 34.3. The van der Waals surface area contributed by atoms with Crippen molar-refractivity contribution >= 4 is 55.9 Å². The van der Waals surface area contributed by atoms with Crippen molar-refractivity contribution in [1.82, 2.24) is 19.1 Å². The molecule has 2 heterocycles. The molecular formula is C36H35ClN6O4. The Bertz CT molecular complexity index is 2160. The van der Waals surface area contributed by atoms with E-state index < -0.39 is 5.24 Å². The average Bonchev–Trinajstić information content (AvgIpc) is 3.09. The van der Waals surface area contributed by atoms with Crippen LogP contribution in [0.3, 0.4) is 0 Å². The number of nitrogens with zero attached hydrogens (tertiary/aromatic N) is 4. The Kier molecular flexibility index (Phi) is 11.4. The summed E-state index contributed by atoms with van der Waals surface area (Å²) in [6, 6.07) is 25.2. The van der Waals surface area contributed by atoms with Crippen LogP contribution in [0.1, 0.15) is 45.7 Å². The van der Waals surface area contributed by atoms with Crippen LogP contribution in [0.15, 0.2) is 107 Å². The van der Waals surface area contributed by atoms with Gasteiger partial charge in [-0.25, -0.2) is 9.97 Å². The number of hydrogen-bond donors (Lipinski definition) is 2. The first-order chi connectivity index (χ1) is 22.5. The molecule has 0 atom stereocenters. The first-order valence-electron chi connectivity index (χ1n) is 14.9. The molecule has 10 nitrogen and oxygen atoms in total. The lowest BCUT2D eigenvalue weighted by Gasteiger charge is -2.07. The minimum Gasteiger partial charge on any atom is -0.399 e. The van der Waals surface area contributed by atoms with Crippen molar-refractivity contribution in [2.24, 2.45) is 14.1 Å². The van der Waals surface area contributed by atoms with Gasteiger partial charge in [-0.15, -0.1) is 0 Å². The number of anilines is 2. The van der Waals surface area contributed by atoms with Crippen LogP contribution in [0.25, 0.3) is 21.8 Å². The summed E-state index contributed by atoms with van der Waals surface area (Å²) < 4.78 is 2.79. The molecule has 0 saturated carbocycles. The number of halogens is 1. The van der Waals surface area contributed by atoms with E-state index >= 15 is 0 Å². The zero-order chi connectivity index (χ0) is 34.1. The van der Waals surface area contributed by atoms with E-state index in [1.54, 1.807) is 38.4 Å². The number of amides is 1. The third kappa shape index (κ3) is 8.77. The van der Waals surface area contributed by atoms with Gasteiger partial charge in [0.1, 0.15) is 0 Å². The second-order valence-electron chi connectivity index (χ2n) is 10.7. The molecule has 6 rings (SSSR count). The number of nitrogens with two attached hydrogens (primary N) is 1. The fourth-order valence-corrected chi connectivity index (χ4v) is 4.58. The van der Waals surface area contributed by atoms with Gasteiger partial charge in [0, 0.05) is 36.6 Å². The van der Waals surface area contributed by atoms with Gasteiger partial charge in [0.2, 0.25) is 0 Å². The van der Waals surface area contributed by atoms with E-state index in [0.717, 1.165) is 24.2 Å². The monoisotopic (exact) mass is 650 g/mol. The van der Waals surface area contributed by atoms with Crippen molar-refractivity contribution in [3.8, 4) is 0 Å². The molecule has 0 fully saturated rings. The molecule has 47 heavy (non-hydrogen) atoms. The van der Waals surface area contributed by atoms with E-state index in [1.807, 2.05) is 36.4 Å². The Morgan fingerprint density at radius 2 is 1.15 bits per heavy atom. The number of benzene rings is 4. The van der Waals surface area contributed by atoms with Crippen LogP contribution < -0.4 is 22.2 Å². The fraction of sp³-hybridized carbons (Fsp3) is 0.167. The Balaban J connectivity index is 0.000000178. The minimum absolute atomic E-state index is 0.128. The first-order valence-corrected chi connectivity index (χ1v) is 15.2. The van der Waals surface area contributed by atoms with E-state index in [4.69, 9.17) is 17.3 Å².